The number of carbonyl (C=O) groups excluding carboxylic acids is 1. The van der Waals surface area contributed by atoms with Gasteiger partial charge < -0.3 is 14.6 Å². The molecule has 7 nitrogen and oxygen atoms in total. The third-order valence-electron chi connectivity index (χ3n) is 4.14. The number of rotatable bonds is 7. The minimum Gasteiger partial charge on any atom is -0.497 e. The number of nitrogens with zero attached hydrogens (tertiary/aromatic N) is 4. The maximum atomic E-state index is 12.7. The van der Waals surface area contributed by atoms with Gasteiger partial charge in [-0.2, -0.15) is 13.2 Å². The summed E-state index contributed by atoms with van der Waals surface area (Å²) in [6.45, 7) is 2.50. The number of hydrogen-bond acceptors (Lipinski definition) is 6. The highest BCUT2D eigenvalue weighted by atomic mass is 35.5. The number of pyridine rings is 1. The fraction of sp³-hybridized carbons (Fsp3) is 0.263. The summed E-state index contributed by atoms with van der Waals surface area (Å²) in [4.78, 5) is 15.8. The van der Waals surface area contributed by atoms with Gasteiger partial charge in [0.05, 0.1) is 23.4 Å². The zero-order valence-electron chi connectivity index (χ0n) is 16.4. The summed E-state index contributed by atoms with van der Waals surface area (Å²) in [5, 5.41) is 11.0. The molecule has 0 aliphatic heterocycles. The highest BCUT2D eigenvalue weighted by Crippen LogP contribution is 2.32. The highest BCUT2D eigenvalue weighted by Gasteiger charge is 2.31. The van der Waals surface area contributed by atoms with Crippen LogP contribution in [0.4, 0.5) is 19.0 Å². The number of methoxy groups -OCH3 is 1. The van der Waals surface area contributed by atoms with E-state index in [1.807, 2.05) is 35.8 Å². The fourth-order valence-corrected chi connectivity index (χ4v) is 3.63. The zero-order chi connectivity index (χ0) is 22.6. The van der Waals surface area contributed by atoms with E-state index in [9.17, 15) is 18.0 Å². The molecule has 0 unspecified atom stereocenters. The van der Waals surface area contributed by atoms with Crippen LogP contribution in [0.2, 0.25) is 5.02 Å². The molecule has 1 amide bonds. The second-order valence-electron chi connectivity index (χ2n) is 6.17. The number of carbonyl (C=O) groups is 1. The topological polar surface area (TPSA) is 81.9 Å². The van der Waals surface area contributed by atoms with E-state index < -0.39 is 17.6 Å². The molecule has 12 heteroatoms. The molecule has 0 saturated heterocycles. The van der Waals surface area contributed by atoms with Crippen LogP contribution in [0.15, 0.2) is 41.7 Å². The highest BCUT2D eigenvalue weighted by molar-refractivity contribution is 7.99. The molecule has 0 aliphatic carbocycles. The van der Waals surface area contributed by atoms with Gasteiger partial charge in [-0.1, -0.05) is 23.4 Å². The van der Waals surface area contributed by atoms with Crippen LogP contribution < -0.4 is 10.1 Å². The molecule has 2 heterocycles. The van der Waals surface area contributed by atoms with Gasteiger partial charge in [-0.15, -0.1) is 10.2 Å². The molecular formula is C19H17ClF3N5O2S. The molecule has 31 heavy (non-hydrogen) atoms. The quantitative estimate of drug-likeness (QED) is 0.500. The van der Waals surface area contributed by atoms with Gasteiger partial charge in [0, 0.05) is 18.3 Å². The monoisotopic (exact) mass is 471 g/mol. The van der Waals surface area contributed by atoms with Crippen molar-refractivity contribution in [3.8, 4) is 17.1 Å². The third kappa shape index (κ3) is 5.47. The van der Waals surface area contributed by atoms with E-state index in [-0.39, 0.29) is 16.6 Å². The van der Waals surface area contributed by atoms with Crippen molar-refractivity contribution in [1.29, 1.82) is 0 Å². The van der Waals surface area contributed by atoms with E-state index in [4.69, 9.17) is 16.3 Å². The Kier molecular flexibility index (Phi) is 7.06. The number of ether oxygens (including phenoxy) is 1. The SMILES string of the molecule is CCn1c(SCC(=O)Nc2ncc(C(F)(F)F)cc2Cl)nnc1-c1ccc(OC)cc1. The van der Waals surface area contributed by atoms with Crippen LogP contribution in [0.5, 0.6) is 5.75 Å². The molecule has 3 aromatic rings. The molecule has 0 saturated carbocycles. The van der Waals surface area contributed by atoms with E-state index in [1.54, 1.807) is 7.11 Å². The number of hydrogen-bond donors (Lipinski definition) is 1. The molecule has 1 N–H and O–H groups in total. The summed E-state index contributed by atoms with van der Waals surface area (Å²) in [6, 6.07) is 8.05. The van der Waals surface area contributed by atoms with E-state index in [0.717, 1.165) is 17.3 Å². The number of nitrogens with one attached hydrogen (secondary N) is 1. The number of anilines is 1. The van der Waals surface area contributed by atoms with Gasteiger partial charge in [0.2, 0.25) is 5.91 Å². The van der Waals surface area contributed by atoms with Crippen LogP contribution in [0.1, 0.15) is 12.5 Å². The molecular weight excluding hydrogens is 455 g/mol. The first kappa shape index (κ1) is 22.9. The lowest BCUT2D eigenvalue weighted by Crippen LogP contribution is -2.16. The summed E-state index contributed by atoms with van der Waals surface area (Å²) in [5.41, 5.74) is -0.154. The standard InChI is InChI=1S/C19H17ClF3N5O2S/c1-3-28-17(11-4-6-13(30-2)7-5-11)26-27-18(28)31-10-15(29)25-16-14(20)8-12(9-24-16)19(21,22)23/h4-9H,3,10H2,1-2H3,(H,24,25,29). The maximum absolute atomic E-state index is 12.7. The molecule has 0 atom stereocenters. The normalized spacial score (nSPS) is 11.4. The Bertz CT molecular complexity index is 1070. The molecule has 1 aromatic carbocycles. The van der Waals surface area contributed by atoms with E-state index in [2.05, 4.69) is 20.5 Å². The average Bonchev–Trinajstić information content (AvgIpc) is 3.16. The molecule has 3 rings (SSSR count). The van der Waals surface area contributed by atoms with E-state index >= 15 is 0 Å². The molecule has 0 spiro atoms. The van der Waals surface area contributed by atoms with Crippen molar-refractivity contribution in [2.45, 2.75) is 24.8 Å². The van der Waals surface area contributed by atoms with Crippen molar-refractivity contribution in [1.82, 2.24) is 19.7 Å². The van der Waals surface area contributed by atoms with Gasteiger partial charge in [0.25, 0.3) is 0 Å². The Labute approximate surface area is 185 Å². The van der Waals surface area contributed by atoms with Gasteiger partial charge in [0.15, 0.2) is 16.8 Å². The van der Waals surface area contributed by atoms with Crippen LogP contribution in [-0.2, 0) is 17.5 Å². The zero-order valence-corrected chi connectivity index (χ0v) is 18.0. The smallest absolute Gasteiger partial charge is 0.417 e. The maximum Gasteiger partial charge on any atom is 0.417 e. The van der Waals surface area contributed by atoms with Crippen LogP contribution in [0, 0.1) is 0 Å². The van der Waals surface area contributed by atoms with Crippen LogP contribution in [-0.4, -0.2) is 38.5 Å². The fourth-order valence-electron chi connectivity index (χ4n) is 2.62. The number of aromatic nitrogens is 4. The molecule has 2 aromatic heterocycles. The Hall–Kier alpha value is -2.79. The van der Waals surface area contributed by atoms with E-state index in [1.165, 1.54) is 0 Å². The van der Waals surface area contributed by atoms with Gasteiger partial charge in [-0.3, -0.25) is 4.79 Å². The number of amides is 1. The van der Waals surface area contributed by atoms with Crippen LogP contribution in [0.25, 0.3) is 11.4 Å². The summed E-state index contributed by atoms with van der Waals surface area (Å²) in [7, 11) is 1.58. The summed E-state index contributed by atoms with van der Waals surface area (Å²) in [6.07, 6.45) is -3.95. The summed E-state index contributed by atoms with van der Waals surface area (Å²) in [5.74, 6) is 0.667. The van der Waals surface area contributed by atoms with Gasteiger partial charge in [-0.25, -0.2) is 4.98 Å². The lowest BCUT2D eigenvalue weighted by atomic mass is 10.2. The molecule has 0 aliphatic rings. The summed E-state index contributed by atoms with van der Waals surface area (Å²) >= 11 is 6.95. The first-order valence-corrected chi connectivity index (χ1v) is 10.3. The lowest BCUT2D eigenvalue weighted by molar-refractivity contribution is -0.137. The molecule has 0 fully saturated rings. The van der Waals surface area contributed by atoms with Crippen molar-refractivity contribution in [2.75, 3.05) is 18.2 Å². The van der Waals surface area contributed by atoms with Crippen molar-refractivity contribution in [3.63, 3.8) is 0 Å². The van der Waals surface area contributed by atoms with Crippen molar-refractivity contribution in [2.24, 2.45) is 0 Å². The molecule has 0 radical (unpaired) electrons. The molecule has 0 bridgehead atoms. The Morgan fingerprint density at radius 3 is 2.55 bits per heavy atom. The Balaban J connectivity index is 1.67. The lowest BCUT2D eigenvalue weighted by Gasteiger charge is -2.10. The van der Waals surface area contributed by atoms with Crippen molar-refractivity contribution in [3.05, 3.63) is 47.1 Å². The average molecular weight is 472 g/mol. The third-order valence-corrected chi connectivity index (χ3v) is 5.39. The van der Waals surface area contributed by atoms with Crippen LogP contribution in [0.3, 0.4) is 0 Å². The van der Waals surface area contributed by atoms with Crippen molar-refractivity contribution >= 4 is 35.1 Å². The predicted molar refractivity (Wildman–Crippen MR) is 111 cm³/mol. The number of thioether (sulfide) groups is 1. The van der Waals surface area contributed by atoms with Gasteiger partial charge in [0.1, 0.15) is 5.75 Å². The second kappa shape index (κ2) is 9.56. The minimum atomic E-state index is -4.57. The Morgan fingerprint density at radius 1 is 1.26 bits per heavy atom. The largest absolute Gasteiger partial charge is 0.497 e. The molecule has 164 valence electrons. The Morgan fingerprint density at radius 2 is 1.97 bits per heavy atom. The van der Waals surface area contributed by atoms with Gasteiger partial charge >= 0.3 is 6.18 Å². The van der Waals surface area contributed by atoms with E-state index in [0.29, 0.717) is 35.5 Å². The van der Waals surface area contributed by atoms with Crippen LogP contribution >= 0.6 is 23.4 Å². The van der Waals surface area contributed by atoms with Gasteiger partial charge in [-0.05, 0) is 37.3 Å². The van der Waals surface area contributed by atoms with Crippen molar-refractivity contribution < 1.29 is 22.7 Å². The second-order valence-corrected chi connectivity index (χ2v) is 7.52. The minimum absolute atomic E-state index is 0.0558. The number of benzene rings is 1. The number of alkyl halides is 3. The first-order chi connectivity index (χ1) is 14.7. The summed E-state index contributed by atoms with van der Waals surface area (Å²) < 4.78 is 45.1. The first-order valence-electron chi connectivity index (χ1n) is 8.96. The number of halogens is 4. The predicted octanol–water partition coefficient (Wildman–Crippen LogP) is 4.77.